The van der Waals surface area contributed by atoms with Crippen molar-refractivity contribution in [3.63, 3.8) is 0 Å². The molecule has 1 atom stereocenters. The summed E-state index contributed by atoms with van der Waals surface area (Å²) in [4.78, 5) is 26.8. The number of amides is 2. The van der Waals surface area contributed by atoms with Gasteiger partial charge in [-0.25, -0.2) is 0 Å². The van der Waals surface area contributed by atoms with Crippen molar-refractivity contribution in [2.45, 2.75) is 18.9 Å². The molecule has 0 aromatic heterocycles. The van der Waals surface area contributed by atoms with Gasteiger partial charge in [0.1, 0.15) is 0 Å². The highest BCUT2D eigenvalue weighted by Crippen LogP contribution is 2.36. The summed E-state index contributed by atoms with van der Waals surface area (Å²) in [5, 5.41) is 3.16. The molecule has 3 rings (SSSR count). The largest absolute Gasteiger partial charge is 0.493 e. The van der Waals surface area contributed by atoms with Crippen LogP contribution in [0.5, 0.6) is 11.5 Å². The van der Waals surface area contributed by atoms with Crippen LogP contribution in [0.15, 0.2) is 42.5 Å². The van der Waals surface area contributed by atoms with Crippen molar-refractivity contribution in [3.05, 3.63) is 58.6 Å². The molecular formula is C21H23ClN2O4. The molecule has 2 aromatic rings. The summed E-state index contributed by atoms with van der Waals surface area (Å²) in [7, 11) is 3.18. The lowest BCUT2D eigenvalue weighted by Crippen LogP contribution is -2.39. The van der Waals surface area contributed by atoms with Crippen molar-refractivity contribution in [2.75, 3.05) is 27.3 Å². The zero-order valence-electron chi connectivity index (χ0n) is 15.9. The number of hydrogen-bond donors (Lipinski definition) is 1. The molecule has 0 bridgehead atoms. The first-order valence-electron chi connectivity index (χ1n) is 9.08. The monoisotopic (exact) mass is 402 g/mol. The minimum absolute atomic E-state index is 0.0459. The summed E-state index contributed by atoms with van der Waals surface area (Å²) in [6, 6.07) is 12.3. The minimum atomic E-state index is -0.322. The molecular weight excluding hydrogens is 380 g/mol. The van der Waals surface area contributed by atoms with Gasteiger partial charge in [0.15, 0.2) is 11.5 Å². The maximum atomic E-state index is 12.7. The number of carbonyl (C=O) groups is 2. The number of halogens is 1. The van der Waals surface area contributed by atoms with Crippen molar-refractivity contribution in [3.8, 4) is 11.5 Å². The summed E-state index contributed by atoms with van der Waals surface area (Å²) in [6.07, 6.45) is 1.77. The van der Waals surface area contributed by atoms with Gasteiger partial charge in [0, 0.05) is 17.1 Å². The van der Waals surface area contributed by atoms with E-state index in [-0.39, 0.29) is 24.4 Å². The van der Waals surface area contributed by atoms with Gasteiger partial charge in [-0.1, -0.05) is 23.7 Å². The lowest BCUT2D eigenvalue weighted by atomic mass is 10.0. The second kappa shape index (κ2) is 8.97. The van der Waals surface area contributed by atoms with Crippen LogP contribution in [0.25, 0.3) is 0 Å². The number of likely N-dealkylation sites (tertiary alicyclic amines) is 1. The zero-order chi connectivity index (χ0) is 20.1. The molecule has 2 amide bonds. The van der Waals surface area contributed by atoms with E-state index in [1.165, 1.54) is 0 Å². The number of ether oxygens (including phenoxy) is 2. The fourth-order valence-electron chi connectivity index (χ4n) is 3.46. The average Bonchev–Trinajstić information content (AvgIpc) is 3.21. The summed E-state index contributed by atoms with van der Waals surface area (Å²) in [6.45, 7) is 0.597. The van der Waals surface area contributed by atoms with Gasteiger partial charge in [0.2, 0.25) is 5.91 Å². The molecule has 1 saturated heterocycles. The first kappa shape index (κ1) is 20.0. The number of hydrogen-bond acceptors (Lipinski definition) is 4. The molecule has 1 aliphatic heterocycles. The van der Waals surface area contributed by atoms with Crippen LogP contribution in [0.1, 0.15) is 34.8 Å². The standard InChI is InChI=1S/C21H23ClN2O4/c1-27-18-9-8-14(12-19(18)28-2)17-7-4-10-24(17)20(25)13-23-21(26)15-5-3-6-16(22)11-15/h3,5-6,8-9,11-12,17H,4,7,10,13H2,1-2H3,(H,23,26). The van der Waals surface area contributed by atoms with Crippen LogP contribution < -0.4 is 14.8 Å². The Morgan fingerprint density at radius 2 is 1.93 bits per heavy atom. The van der Waals surface area contributed by atoms with E-state index < -0.39 is 0 Å². The lowest BCUT2D eigenvalue weighted by molar-refractivity contribution is -0.131. The van der Waals surface area contributed by atoms with Crippen molar-refractivity contribution in [1.82, 2.24) is 10.2 Å². The van der Waals surface area contributed by atoms with Crippen LogP contribution in [-0.2, 0) is 4.79 Å². The fraction of sp³-hybridized carbons (Fsp3) is 0.333. The lowest BCUT2D eigenvalue weighted by Gasteiger charge is -2.26. The van der Waals surface area contributed by atoms with Crippen LogP contribution in [0.2, 0.25) is 5.02 Å². The molecule has 2 aromatic carbocycles. The first-order chi connectivity index (χ1) is 13.5. The highest BCUT2D eigenvalue weighted by Gasteiger charge is 2.30. The van der Waals surface area contributed by atoms with Crippen molar-refractivity contribution >= 4 is 23.4 Å². The van der Waals surface area contributed by atoms with Gasteiger partial charge in [0.25, 0.3) is 5.91 Å². The highest BCUT2D eigenvalue weighted by atomic mass is 35.5. The molecule has 1 fully saturated rings. The molecule has 0 aliphatic carbocycles. The smallest absolute Gasteiger partial charge is 0.251 e. The summed E-state index contributed by atoms with van der Waals surface area (Å²) in [5.74, 6) is 0.842. The molecule has 1 heterocycles. The number of carbonyl (C=O) groups excluding carboxylic acids is 2. The maximum Gasteiger partial charge on any atom is 0.251 e. The number of nitrogens with one attached hydrogen (secondary N) is 1. The second-order valence-electron chi connectivity index (χ2n) is 6.55. The number of benzene rings is 2. The van der Waals surface area contributed by atoms with E-state index in [2.05, 4.69) is 5.32 Å². The predicted molar refractivity (Wildman–Crippen MR) is 107 cm³/mol. The second-order valence-corrected chi connectivity index (χ2v) is 6.99. The Hall–Kier alpha value is -2.73. The van der Waals surface area contributed by atoms with E-state index >= 15 is 0 Å². The zero-order valence-corrected chi connectivity index (χ0v) is 16.7. The first-order valence-corrected chi connectivity index (χ1v) is 9.46. The molecule has 1 N–H and O–H groups in total. The van der Waals surface area contributed by atoms with Crippen LogP contribution in [-0.4, -0.2) is 44.0 Å². The van der Waals surface area contributed by atoms with Crippen LogP contribution in [0.4, 0.5) is 0 Å². The molecule has 148 valence electrons. The SMILES string of the molecule is COc1ccc(C2CCCN2C(=O)CNC(=O)c2cccc(Cl)c2)cc1OC. The average molecular weight is 403 g/mol. The summed E-state index contributed by atoms with van der Waals surface area (Å²) < 4.78 is 10.7. The van der Waals surface area contributed by atoms with Crippen molar-refractivity contribution in [1.29, 1.82) is 0 Å². The normalized spacial score (nSPS) is 16.0. The molecule has 7 heteroatoms. The van der Waals surface area contributed by atoms with Gasteiger partial charge >= 0.3 is 0 Å². The van der Waals surface area contributed by atoms with Crippen LogP contribution in [0.3, 0.4) is 0 Å². The van der Waals surface area contributed by atoms with Gasteiger partial charge in [-0.2, -0.15) is 0 Å². The Morgan fingerprint density at radius 3 is 2.64 bits per heavy atom. The van der Waals surface area contributed by atoms with E-state index in [0.717, 1.165) is 18.4 Å². The molecule has 6 nitrogen and oxygen atoms in total. The van der Waals surface area contributed by atoms with E-state index in [0.29, 0.717) is 28.6 Å². The van der Waals surface area contributed by atoms with Gasteiger partial charge < -0.3 is 19.7 Å². The van der Waals surface area contributed by atoms with E-state index in [4.69, 9.17) is 21.1 Å². The Bertz CT molecular complexity index is 871. The van der Waals surface area contributed by atoms with Gasteiger partial charge in [-0.3, -0.25) is 9.59 Å². The molecule has 0 saturated carbocycles. The van der Waals surface area contributed by atoms with Gasteiger partial charge in [0.05, 0.1) is 26.8 Å². The number of nitrogens with zero attached hydrogens (tertiary/aromatic N) is 1. The van der Waals surface area contributed by atoms with Gasteiger partial charge in [-0.15, -0.1) is 0 Å². The highest BCUT2D eigenvalue weighted by molar-refractivity contribution is 6.30. The Labute approximate surface area is 169 Å². The molecule has 0 spiro atoms. The van der Waals surface area contributed by atoms with Crippen molar-refractivity contribution in [2.24, 2.45) is 0 Å². The van der Waals surface area contributed by atoms with Gasteiger partial charge in [-0.05, 0) is 48.7 Å². The Morgan fingerprint density at radius 1 is 1.14 bits per heavy atom. The van der Waals surface area contributed by atoms with Crippen LogP contribution >= 0.6 is 11.6 Å². The minimum Gasteiger partial charge on any atom is -0.493 e. The maximum absolute atomic E-state index is 12.7. The molecule has 1 aliphatic rings. The molecule has 1 unspecified atom stereocenters. The quantitative estimate of drug-likeness (QED) is 0.803. The molecule has 0 radical (unpaired) electrons. The number of rotatable bonds is 6. The predicted octanol–water partition coefficient (Wildman–Crippen LogP) is 3.45. The summed E-state index contributed by atoms with van der Waals surface area (Å²) in [5.41, 5.74) is 1.42. The molecule has 28 heavy (non-hydrogen) atoms. The Kier molecular flexibility index (Phi) is 6.41. The Balaban J connectivity index is 1.67. The van der Waals surface area contributed by atoms with Crippen molar-refractivity contribution < 1.29 is 19.1 Å². The summed E-state index contributed by atoms with van der Waals surface area (Å²) >= 11 is 5.91. The third-order valence-corrected chi connectivity index (χ3v) is 5.09. The topological polar surface area (TPSA) is 67.9 Å². The van der Waals surface area contributed by atoms with E-state index in [1.54, 1.807) is 43.4 Å². The fourth-order valence-corrected chi connectivity index (χ4v) is 3.65. The van der Waals surface area contributed by atoms with Crippen LogP contribution in [0, 0.1) is 0 Å². The number of methoxy groups -OCH3 is 2. The third kappa shape index (κ3) is 4.39. The van der Waals surface area contributed by atoms with E-state index in [9.17, 15) is 9.59 Å². The third-order valence-electron chi connectivity index (χ3n) is 4.85. The van der Waals surface area contributed by atoms with E-state index in [1.807, 2.05) is 18.2 Å².